The van der Waals surface area contributed by atoms with Crippen LogP contribution in [0.4, 0.5) is 4.39 Å². The van der Waals surface area contributed by atoms with Crippen molar-refractivity contribution in [2.75, 3.05) is 13.2 Å². The molecule has 1 aliphatic carbocycles. The van der Waals surface area contributed by atoms with Gasteiger partial charge in [0.2, 0.25) is 0 Å². The minimum absolute atomic E-state index is 0.0175. The molecule has 0 unspecified atom stereocenters. The monoisotopic (exact) mass is 570 g/mol. The van der Waals surface area contributed by atoms with Crippen LogP contribution in [0.3, 0.4) is 0 Å². The summed E-state index contributed by atoms with van der Waals surface area (Å²) in [6.45, 7) is 4.70. The summed E-state index contributed by atoms with van der Waals surface area (Å²) < 4.78 is 23.6. The van der Waals surface area contributed by atoms with Crippen LogP contribution in [0.5, 0.6) is 0 Å². The van der Waals surface area contributed by atoms with Crippen LogP contribution in [0.1, 0.15) is 75.6 Å². The summed E-state index contributed by atoms with van der Waals surface area (Å²) in [5.74, 6) is -0.776. The highest BCUT2D eigenvalue weighted by Gasteiger charge is 2.33. The van der Waals surface area contributed by atoms with Crippen molar-refractivity contribution in [2.24, 2.45) is 0 Å². The first kappa shape index (κ1) is 25.6. The molecule has 0 spiro atoms. The van der Waals surface area contributed by atoms with E-state index < -0.39 is 11.8 Å². The number of halogens is 1. The molecule has 1 aliphatic heterocycles. The number of benzene rings is 1. The molecule has 1 aromatic carbocycles. The first-order valence-corrected chi connectivity index (χ1v) is 14.6. The molecule has 0 N–H and O–H groups in total. The number of rotatable bonds is 6. The van der Waals surface area contributed by atoms with E-state index in [4.69, 9.17) is 14.8 Å². The van der Waals surface area contributed by atoms with Crippen molar-refractivity contribution in [3.63, 3.8) is 0 Å². The zero-order valence-corrected chi connectivity index (χ0v) is 23.4. The standard InChI is InChI=1S/C30H27FN6O3S/c1-3-40-30(39)19-15-32-36(16-19)20-6-7-22(23(31)12-20)24-14-28-33-25(13-26(18-4-5-18)37(28)34-24)29(38)35-10-8-27-21(17(35)2)9-11-41-27/h6-7,9,11-18H,3-5,8,10H2,1-2H3/t17-/m1/s1. The number of thiophene rings is 1. The van der Waals surface area contributed by atoms with Crippen LogP contribution >= 0.6 is 11.3 Å². The van der Waals surface area contributed by atoms with Crippen molar-refractivity contribution in [2.45, 2.75) is 45.1 Å². The van der Waals surface area contributed by atoms with Gasteiger partial charge in [0.25, 0.3) is 5.91 Å². The average molecular weight is 571 g/mol. The Hall–Kier alpha value is -4.38. The minimum Gasteiger partial charge on any atom is -0.462 e. The average Bonchev–Trinajstić information content (AvgIpc) is 3.34. The van der Waals surface area contributed by atoms with Gasteiger partial charge in [0.15, 0.2) is 5.65 Å². The smallest absolute Gasteiger partial charge is 0.341 e. The molecular formula is C30H27FN6O3S. The fourth-order valence-electron chi connectivity index (χ4n) is 5.48. The Morgan fingerprint density at radius 1 is 1.17 bits per heavy atom. The third-order valence-electron chi connectivity index (χ3n) is 7.79. The maximum Gasteiger partial charge on any atom is 0.341 e. The molecule has 7 rings (SSSR count). The van der Waals surface area contributed by atoms with Crippen molar-refractivity contribution >= 4 is 28.9 Å². The molecule has 11 heteroatoms. The summed E-state index contributed by atoms with van der Waals surface area (Å²) in [6.07, 6.45) is 5.77. The van der Waals surface area contributed by atoms with Gasteiger partial charge in [0.05, 0.1) is 35.8 Å². The lowest BCUT2D eigenvalue weighted by molar-refractivity contribution is 0.0526. The maximum absolute atomic E-state index is 15.4. The van der Waals surface area contributed by atoms with Crippen LogP contribution in [-0.4, -0.2) is 54.3 Å². The Morgan fingerprint density at radius 3 is 2.80 bits per heavy atom. The zero-order valence-electron chi connectivity index (χ0n) is 22.6. The third kappa shape index (κ3) is 4.50. The summed E-state index contributed by atoms with van der Waals surface area (Å²) in [4.78, 5) is 33.6. The molecule has 1 saturated carbocycles. The molecule has 1 amide bonds. The molecule has 5 heterocycles. The molecule has 1 atom stereocenters. The summed E-state index contributed by atoms with van der Waals surface area (Å²) >= 11 is 1.74. The van der Waals surface area contributed by atoms with Crippen LogP contribution in [0.15, 0.2) is 54.2 Å². The van der Waals surface area contributed by atoms with Crippen LogP contribution in [-0.2, 0) is 11.2 Å². The number of amides is 1. The Bertz CT molecular complexity index is 1820. The third-order valence-corrected chi connectivity index (χ3v) is 8.79. The first-order chi connectivity index (χ1) is 19.9. The highest BCUT2D eigenvalue weighted by molar-refractivity contribution is 7.10. The Kier molecular flexibility index (Phi) is 6.19. The second kappa shape index (κ2) is 9.91. The minimum atomic E-state index is -0.489. The van der Waals surface area contributed by atoms with Crippen molar-refractivity contribution in [3.05, 3.63) is 87.4 Å². The van der Waals surface area contributed by atoms with Gasteiger partial charge in [-0.25, -0.2) is 23.4 Å². The lowest BCUT2D eigenvalue weighted by Gasteiger charge is -2.33. The zero-order chi connectivity index (χ0) is 28.2. The highest BCUT2D eigenvalue weighted by atomic mass is 32.1. The summed E-state index contributed by atoms with van der Waals surface area (Å²) in [5.41, 5.74) is 4.51. The largest absolute Gasteiger partial charge is 0.462 e. The van der Waals surface area contributed by atoms with Gasteiger partial charge in [-0.2, -0.15) is 10.2 Å². The van der Waals surface area contributed by atoms with Gasteiger partial charge in [0, 0.05) is 46.9 Å². The fraction of sp³-hybridized carbons (Fsp3) is 0.300. The number of carbonyl (C=O) groups excluding carboxylic acids is 2. The number of fused-ring (bicyclic) bond motifs is 2. The molecule has 0 radical (unpaired) electrons. The number of ether oxygens (including phenoxy) is 1. The molecule has 2 aliphatic rings. The van der Waals surface area contributed by atoms with Crippen molar-refractivity contribution < 1.29 is 18.7 Å². The maximum atomic E-state index is 15.4. The SMILES string of the molecule is CCOC(=O)c1cnn(-c2ccc(-c3cc4nc(C(=O)N5CCc6sccc6[C@H]5C)cc(C5CC5)n4n3)c(F)c2)c1. The molecule has 4 aromatic heterocycles. The van der Waals surface area contributed by atoms with Gasteiger partial charge in [0.1, 0.15) is 11.5 Å². The Labute approximate surface area is 239 Å². The number of esters is 1. The highest BCUT2D eigenvalue weighted by Crippen LogP contribution is 2.41. The van der Waals surface area contributed by atoms with Gasteiger partial charge in [-0.1, -0.05) is 0 Å². The van der Waals surface area contributed by atoms with E-state index in [0.717, 1.165) is 25.0 Å². The van der Waals surface area contributed by atoms with Crippen molar-refractivity contribution in [3.8, 4) is 16.9 Å². The summed E-state index contributed by atoms with van der Waals surface area (Å²) in [7, 11) is 0. The van der Waals surface area contributed by atoms with E-state index in [1.54, 1.807) is 41.0 Å². The van der Waals surface area contributed by atoms with Gasteiger partial charge in [-0.3, -0.25) is 4.79 Å². The predicted octanol–water partition coefficient (Wildman–Crippen LogP) is 5.60. The second-order valence-corrected chi connectivity index (χ2v) is 11.4. The van der Waals surface area contributed by atoms with Crippen LogP contribution in [0, 0.1) is 5.82 Å². The van der Waals surface area contributed by atoms with E-state index in [1.807, 2.05) is 11.0 Å². The molecular weight excluding hydrogens is 543 g/mol. The van der Waals surface area contributed by atoms with Gasteiger partial charge in [-0.05, 0) is 68.3 Å². The van der Waals surface area contributed by atoms with E-state index in [0.29, 0.717) is 40.7 Å². The Balaban J connectivity index is 1.21. The van der Waals surface area contributed by atoms with Crippen LogP contribution in [0.2, 0.25) is 0 Å². The quantitative estimate of drug-likeness (QED) is 0.247. The molecule has 0 saturated heterocycles. The molecule has 9 nitrogen and oxygen atoms in total. The van der Waals surface area contributed by atoms with E-state index in [-0.39, 0.29) is 24.1 Å². The number of hydrogen-bond donors (Lipinski definition) is 0. The first-order valence-electron chi connectivity index (χ1n) is 13.7. The van der Waals surface area contributed by atoms with Crippen LogP contribution in [0.25, 0.3) is 22.6 Å². The molecule has 208 valence electrons. The fourth-order valence-corrected chi connectivity index (χ4v) is 6.44. The predicted molar refractivity (Wildman–Crippen MR) is 151 cm³/mol. The summed E-state index contributed by atoms with van der Waals surface area (Å²) in [5, 5.41) is 11.0. The normalized spacial score (nSPS) is 16.7. The van der Waals surface area contributed by atoms with Crippen LogP contribution < -0.4 is 0 Å². The van der Waals surface area contributed by atoms with E-state index in [2.05, 4.69) is 23.5 Å². The lowest BCUT2D eigenvalue weighted by Crippen LogP contribution is -2.38. The van der Waals surface area contributed by atoms with E-state index >= 15 is 4.39 Å². The molecule has 1 fully saturated rings. The van der Waals surface area contributed by atoms with E-state index in [9.17, 15) is 9.59 Å². The number of carbonyl (C=O) groups is 2. The second-order valence-electron chi connectivity index (χ2n) is 10.4. The number of hydrogen-bond acceptors (Lipinski definition) is 7. The molecule has 41 heavy (non-hydrogen) atoms. The number of nitrogens with zero attached hydrogens (tertiary/aromatic N) is 6. The molecule has 5 aromatic rings. The van der Waals surface area contributed by atoms with Gasteiger partial charge >= 0.3 is 5.97 Å². The van der Waals surface area contributed by atoms with Gasteiger partial charge in [-0.15, -0.1) is 11.3 Å². The van der Waals surface area contributed by atoms with Gasteiger partial charge < -0.3 is 9.64 Å². The van der Waals surface area contributed by atoms with Crippen molar-refractivity contribution in [1.29, 1.82) is 0 Å². The Morgan fingerprint density at radius 2 is 2.02 bits per heavy atom. The van der Waals surface area contributed by atoms with Crippen molar-refractivity contribution in [1.82, 2.24) is 29.3 Å². The van der Waals surface area contributed by atoms with E-state index in [1.165, 1.54) is 33.6 Å². The molecule has 0 bridgehead atoms. The lowest BCUT2D eigenvalue weighted by atomic mass is 10.0. The summed E-state index contributed by atoms with van der Waals surface area (Å²) in [6, 6.07) is 10.4. The topological polar surface area (TPSA) is 94.6 Å². The number of aromatic nitrogens is 5.